The molecule has 0 radical (unpaired) electrons. The minimum Gasteiger partial charge on any atom is -0.313 e. The van der Waals surface area contributed by atoms with Crippen LogP contribution in [0.2, 0.25) is 0 Å². The second-order valence-corrected chi connectivity index (χ2v) is 5.62. The first-order valence-electron chi connectivity index (χ1n) is 6.26. The van der Waals surface area contributed by atoms with Crippen LogP contribution in [0.25, 0.3) is 0 Å². The van der Waals surface area contributed by atoms with Crippen LogP contribution in [0.3, 0.4) is 0 Å². The van der Waals surface area contributed by atoms with E-state index in [0.29, 0.717) is 0 Å². The summed E-state index contributed by atoms with van der Waals surface area (Å²) in [4.78, 5) is 2.53. The minimum atomic E-state index is 0.868. The van der Waals surface area contributed by atoms with Gasteiger partial charge in [-0.2, -0.15) is 0 Å². The van der Waals surface area contributed by atoms with Crippen LogP contribution in [0.5, 0.6) is 0 Å². The van der Waals surface area contributed by atoms with Crippen molar-refractivity contribution in [3.63, 3.8) is 0 Å². The highest BCUT2D eigenvalue weighted by atomic mass is 15.2. The first-order chi connectivity index (χ1) is 6.84. The van der Waals surface area contributed by atoms with Gasteiger partial charge in [0.05, 0.1) is 0 Å². The molecule has 1 aliphatic carbocycles. The van der Waals surface area contributed by atoms with Crippen LogP contribution in [0.4, 0.5) is 0 Å². The first-order valence-corrected chi connectivity index (χ1v) is 6.26. The van der Waals surface area contributed by atoms with E-state index in [4.69, 9.17) is 0 Å². The van der Waals surface area contributed by atoms with Crippen molar-refractivity contribution in [2.24, 2.45) is 17.8 Å². The van der Waals surface area contributed by atoms with E-state index in [1.165, 1.54) is 45.3 Å². The largest absolute Gasteiger partial charge is 0.313 e. The van der Waals surface area contributed by atoms with Crippen LogP contribution in [-0.4, -0.2) is 37.6 Å². The van der Waals surface area contributed by atoms with E-state index in [0.717, 1.165) is 23.8 Å². The topological polar surface area (TPSA) is 15.3 Å². The van der Waals surface area contributed by atoms with Crippen molar-refractivity contribution >= 4 is 0 Å². The number of hydrogen-bond acceptors (Lipinski definition) is 2. The van der Waals surface area contributed by atoms with Crippen molar-refractivity contribution in [3.05, 3.63) is 0 Å². The Labute approximate surface area is 87.0 Å². The highest BCUT2D eigenvalue weighted by Crippen LogP contribution is 2.39. The smallest absolute Gasteiger partial charge is 0.0139 e. The average Bonchev–Trinajstić information content (AvgIpc) is 2.77. The Balaban J connectivity index is 1.69. The maximum atomic E-state index is 3.79. The second kappa shape index (κ2) is 3.49. The van der Waals surface area contributed by atoms with E-state index >= 15 is 0 Å². The Bertz CT molecular complexity index is 210. The quantitative estimate of drug-likeness (QED) is 0.677. The summed E-state index contributed by atoms with van der Waals surface area (Å²) >= 11 is 0. The van der Waals surface area contributed by atoms with Crippen LogP contribution < -0.4 is 5.32 Å². The number of fused-ring (bicyclic) bond motifs is 1. The minimum absolute atomic E-state index is 0.868. The standard InChI is InChI=1S/C12H22N2/c1-14-7-10-6-13-12(11(10)8-14)9-4-2-3-5-9/h9-13H,2-8H2,1H3. The molecule has 1 saturated carbocycles. The number of nitrogens with one attached hydrogen (secondary N) is 1. The fraction of sp³-hybridized carbons (Fsp3) is 1.00. The number of likely N-dealkylation sites (tertiary alicyclic amines) is 1. The van der Waals surface area contributed by atoms with Gasteiger partial charge in [-0.1, -0.05) is 12.8 Å². The Morgan fingerprint density at radius 2 is 1.86 bits per heavy atom. The summed E-state index contributed by atoms with van der Waals surface area (Å²) in [6.07, 6.45) is 5.95. The lowest BCUT2D eigenvalue weighted by Gasteiger charge is -2.25. The van der Waals surface area contributed by atoms with Crippen LogP contribution in [-0.2, 0) is 0 Å². The zero-order valence-corrected chi connectivity index (χ0v) is 9.21. The Morgan fingerprint density at radius 3 is 2.64 bits per heavy atom. The van der Waals surface area contributed by atoms with Gasteiger partial charge >= 0.3 is 0 Å². The molecule has 3 fully saturated rings. The Hall–Kier alpha value is -0.0800. The third-order valence-electron chi connectivity index (χ3n) is 4.66. The van der Waals surface area contributed by atoms with Gasteiger partial charge in [-0.25, -0.2) is 0 Å². The van der Waals surface area contributed by atoms with Crippen LogP contribution in [0.15, 0.2) is 0 Å². The van der Waals surface area contributed by atoms with E-state index < -0.39 is 0 Å². The molecule has 0 spiro atoms. The van der Waals surface area contributed by atoms with Crippen molar-refractivity contribution in [2.75, 3.05) is 26.7 Å². The second-order valence-electron chi connectivity index (χ2n) is 5.62. The van der Waals surface area contributed by atoms with Gasteiger partial charge in [0.15, 0.2) is 0 Å². The third kappa shape index (κ3) is 1.40. The summed E-state index contributed by atoms with van der Waals surface area (Å²) in [6.45, 7) is 3.97. The molecule has 3 aliphatic rings. The molecule has 3 unspecified atom stereocenters. The summed E-state index contributed by atoms with van der Waals surface area (Å²) in [5, 5.41) is 3.79. The molecule has 3 rings (SSSR count). The van der Waals surface area contributed by atoms with Gasteiger partial charge in [-0.15, -0.1) is 0 Å². The Morgan fingerprint density at radius 1 is 1.07 bits per heavy atom. The predicted octanol–water partition coefficient (Wildman–Crippen LogP) is 1.33. The van der Waals surface area contributed by atoms with E-state index in [-0.39, 0.29) is 0 Å². The van der Waals surface area contributed by atoms with Gasteiger partial charge in [-0.3, -0.25) is 0 Å². The lowest BCUT2D eigenvalue weighted by atomic mass is 9.85. The molecule has 14 heavy (non-hydrogen) atoms. The molecule has 3 atom stereocenters. The molecule has 0 aromatic rings. The normalized spacial score (nSPS) is 44.8. The predicted molar refractivity (Wildman–Crippen MR) is 58.2 cm³/mol. The average molecular weight is 194 g/mol. The molecular formula is C12H22N2. The molecule has 80 valence electrons. The molecule has 2 aliphatic heterocycles. The van der Waals surface area contributed by atoms with E-state index in [2.05, 4.69) is 17.3 Å². The molecular weight excluding hydrogens is 172 g/mol. The monoisotopic (exact) mass is 194 g/mol. The molecule has 1 N–H and O–H groups in total. The van der Waals surface area contributed by atoms with Crippen molar-refractivity contribution < 1.29 is 0 Å². The van der Waals surface area contributed by atoms with E-state index in [1.54, 1.807) is 0 Å². The van der Waals surface area contributed by atoms with Gasteiger partial charge in [0.1, 0.15) is 0 Å². The lowest BCUT2D eigenvalue weighted by molar-refractivity contribution is 0.293. The molecule has 0 amide bonds. The van der Waals surface area contributed by atoms with Crippen LogP contribution in [0.1, 0.15) is 25.7 Å². The number of hydrogen-bond donors (Lipinski definition) is 1. The Kier molecular flexibility index (Phi) is 2.29. The zero-order chi connectivity index (χ0) is 9.54. The van der Waals surface area contributed by atoms with Gasteiger partial charge in [0.2, 0.25) is 0 Å². The zero-order valence-electron chi connectivity index (χ0n) is 9.21. The highest BCUT2D eigenvalue weighted by Gasteiger charge is 2.44. The van der Waals surface area contributed by atoms with Gasteiger partial charge in [0, 0.05) is 19.1 Å². The number of rotatable bonds is 1. The summed E-state index contributed by atoms with van der Waals surface area (Å²) in [6, 6.07) is 0.868. The molecule has 0 aromatic heterocycles. The summed E-state index contributed by atoms with van der Waals surface area (Å²) in [5.74, 6) is 2.95. The fourth-order valence-corrected chi connectivity index (χ4v) is 4.01. The molecule has 2 nitrogen and oxygen atoms in total. The van der Waals surface area contributed by atoms with Crippen LogP contribution in [0, 0.1) is 17.8 Å². The fourth-order valence-electron chi connectivity index (χ4n) is 4.01. The van der Waals surface area contributed by atoms with E-state index in [9.17, 15) is 0 Å². The summed E-state index contributed by atoms with van der Waals surface area (Å²) in [7, 11) is 2.28. The lowest BCUT2D eigenvalue weighted by Crippen LogP contribution is -2.36. The van der Waals surface area contributed by atoms with Crippen molar-refractivity contribution in [2.45, 2.75) is 31.7 Å². The maximum Gasteiger partial charge on any atom is 0.0139 e. The third-order valence-corrected chi connectivity index (χ3v) is 4.66. The molecule has 2 saturated heterocycles. The van der Waals surface area contributed by atoms with Gasteiger partial charge in [-0.05, 0) is 44.2 Å². The summed E-state index contributed by atoms with van der Waals surface area (Å²) in [5.41, 5.74) is 0. The van der Waals surface area contributed by atoms with Gasteiger partial charge in [0.25, 0.3) is 0 Å². The van der Waals surface area contributed by atoms with Crippen molar-refractivity contribution in [1.82, 2.24) is 10.2 Å². The molecule has 2 heterocycles. The highest BCUT2D eigenvalue weighted by molar-refractivity contribution is 5.00. The van der Waals surface area contributed by atoms with E-state index in [1.807, 2.05) is 0 Å². The van der Waals surface area contributed by atoms with Crippen molar-refractivity contribution in [1.29, 1.82) is 0 Å². The van der Waals surface area contributed by atoms with Gasteiger partial charge < -0.3 is 10.2 Å². The van der Waals surface area contributed by atoms with Crippen LogP contribution >= 0.6 is 0 Å². The molecule has 0 bridgehead atoms. The SMILES string of the molecule is CN1CC2CNC(C3CCCC3)C2C1. The first kappa shape index (κ1) is 9.17. The number of nitrogens with zero attached hydrogens (tertiary/aromatic N) is 1. The maximum absolute atomic E-state index is 3.79. The summed E-state index contributed by atoms with van der Waals surface area (Å²) < 4.78 is 0. The van der Waals surface area contributed by atoms with Crippen molar-refractivity contribution in [3.8, 4) is 0 Å². The molecule has 0 aromatic carbocycles. The molecule has 2 heteroatoms.